The minimum atomic E-state index is -0.123. The van der Waals surface area contributed by atoms with Crippen LogP contribution in [0.5, 0.6) is 0 Å². The molecule has 0 aliphatic heterocycles. The molecule has 0 unspecified atom stereocenters. The van der Waals surface area contributed by atoms with E-state index in [9.17, 15) is 4.79 Å². The van der Waals surface area contributed by atoms with Crippen molar-refractivity contribution in [1.82, 2.24) is 10.3 Å². The molecular formula is C15H23N3O. The van der Waals surface area contributed by atoms with E-state index in [4.69, 9.17) is 5.73 Å². The number of amides is 1. The average molecular weight is 261 g/mol. The number of hydrogen-bond donors (Lipinski definition) is 2. The highest BCUT2D eigenvalue weighted by molar-refractivity contribution is 5.92. The molecule has 1 aliphatic carbocycles. The number of nitrogens with two attached hydrogens (primary N) is 1. The van der Waals surface area contributed by atoms with Crippen LogP contribution in [0.4, 0.5) is 0 Å². The molecule has 0 atom stereocenters. The number of carbonyl (C=O) groups is 1. The summed E-state index contributed by atoms with van der Waals surface area (Å²) in [6.45, 7) is 10.3. The molecule has 1 saturated carbocycles. The van der Waals surface area contributed by atoms with Crippen LogP contribution in [-0.4, -0.2) is 23.0 Å². The SMILES string of the molecule is Cc1cccc(C(=O)NC2C(C)(C)C(N)C2(C)C)n1. The van der Waals surface area contributed by atoms with Crippen LogP contribution in [0.25, 0.3) is 0 Å². The molecule has 19 heavy (non-hydrogen) atoms. The molecule has 4 nitrogen and oxygen atoms in total. The van der Waals surface area contributed by atoms with Gasteiger partial charge in [-0.25, -0.2) is 4.98 Å². The largest absolute Gasteiger partial charge is 0.347 e. The number of nitrogens with one attached hydrogen (secondary N) is 1. The zero-order valence-corrected chi connectivity index (χ0v) is 12.3. The van der Waals surface area contributed by atoms with Crippen LogP contribution in [0.1, 0.15) is 43.9 Å². The maximum Gasteiger partial charge on any atom is 0.270 e. The zero-order valence-electron chi connectivity index (χ0n) is 12.3. The van der Waals surface area contributed by atoms with Crippen molar-refractivity contribution in [2.24, 2.45) is 16.6 Å². The molecule has 0 saturated heterocycles. The van der Waals surface area contributed by atoms with Crippen molar-refractivity contribution in [2.45, 2.75) is 46.7 Å². The van der Waals surface area contributed by atoms with Crippen LogP contribution < -0.4 is 11.1 Å². The standard InChI is InChI=1S/C15H23N3O/c1-9-7-6-8-10(17-9)11(19)18-13-14(2,3)12(16)15(13,4)5/h6-8,12-13H,16H2,1-5H3,(H,18,19). The number of aryl methyl sites for hydroxylation is 1. The van der Waals surface area contributed by atoms with Gasteiger partial charge in [-0.1, -0.05) is 33.8 Å². The Morgan fingerprint density at radius 3 is 2.37 bits per heavy atom. The van der Waals surface area contributed by atoms with E-state index >= 15 is 0 Å². The Kier molecular flexibility index (Phi) is 3.17. The quantitative estimate of drug-likeness (QED) is 0.854. The highest BCUT2D eigenvalue weighted by Gasteiger charge is 2.60. The highest BCUT2D eigenvalue weighted by atomic mass is 16.2. The highest BCUT2D eigenvalue weighted by Crippen LogP contribution is 2.52. The van der Waals surface area contributed by atoms with Crippen LogP contribution in [0.15, 0.2) is 18.2 Å². The van der Waals surface area contributed by atoms with Gasteiger partial charge in [-0.15, -0.1) is 0 Å². The molecule has 0 radical (unpaired) electrons. The number of nitrogens with zero attached hydrogens (tertiary/aromatic N) is 1. The smallest absolute Gasteiger partial charge is 0.270 e. The van der Waals surface area contributed by atoms with Gasteiger partial charge in [0.25, 0.3) is 5.91 Å². The molecule has 1 aromatic rings. The first-order valence-electron chi connectivity index (χ1n) is 6.67. The molecule has 1 aliphatic rings. The van der Waals surface area contributed by atoms with Gasteiger partial charge in [0.2, 0.25) is 0 Å². The predicted octanol–water partition coefficient (Wildman–Crippen LogP) is 1.88. The van der Waals surface area contributed by atoms with Gasteiger partial charge in [0, 0.05) is 28.6 Å². The summed E-state index contributed by atoms with van der Waals surface area (Å²) in [5.41, 5.74) is 7.32. The van der Waals surface area contributed by atoms with Crippen LogP contribution >= 0.6 is 0 Å². The van der Waals surface area contributed by atoms with Crippen molar-refractivity contribution in [1.29, 1.82) is 0 Å². The molecule has 1 amide bonds. The summed E-state index contributed by atoms with van der Waals surface area (Å²) in [7, 11) is 0. The molecule has 0 spiro atoms. The minimum Gasteiger partial charge on any atom is -0.347 e. The Morgan fingerprint density at radius 1 is 1.26 bits per heavy atom. The maximum absolute atomic E-state index is 12.3. The average Bonchev–Trinajstić information content (AvgIpc) is 2.34. The fourth-order valence-corrected chi connectivity index (χ4v) is 3.43. The van der Waals surface area contributed by atoms with Gasteiger partial charge in [-0.3, -0.25) is 4.79 Å². The third kappa shape index (κ3) is 2.14. The van der Waals surface area contributed by atoms with E-state index < -0.39 is 0 Å². The lowest BCUT2D eigenvalue weighted by atomic mass is 9.48. The zero-order chi connectivity index (χ0) is 14.4. The monoisotopic (exact) mass is 261 g/mol. The summed E-state index contributed by atoms with van der Waals surface area (Å²) < 4.78 is 0. The van der Waals surface area contributed by atoms with E-state index in [0.29, 0.717) is 5.69 Å². The summed E-state index contributed by atoms with van der Waals surface area (Å²) in [4.78, 5) is 16.5. The summed E-state index contributed by atoms with van der Waals surface area (Å²) in [6, 6.07) is 5.60. The van der Waals surface area contributed by atoms with E-state index in [1.165, 1.54) is 0 Å². The molecule has 3 N–H and O–H groups in total. The first-order chi connectivity index (χ1) is 8.67. The van der Waals surface area contributed by atoms with Gasteiger partial charge < -0.3 is 11.1 Å². The van der Waals surface area contributed by atoms with Crippen molar-refractivity contribution in [3.8, 4) is 0 Å². The molecule has 1 heterocycles. The van der Waals surface area contributed by atoms with Gasteiger partial charge in [0.15, 0.2) is 0 Å². The summed E-state index contributed by atoms with van der Waals surface area (Å²) in [5.74, 6) is -0.123. The fraction of sp³-hybridized carbons (Fsp3) is 0.600. The summed E-state index contributed by atoms with van der Waals surface area (Å²) >= 11 is 0. The Hall–Kier alpha value is -1.42. The van der Waals surface area contributed by atoms with Crippen molar-refractivity contribution in [3.05, 3.63) is 29.6 Å². The summed E-state index contributed by atoms with van der Waals surface area (Å²) in [5, 5.41) is 3.09. The number of carbonyl (C=O) groups excluding carboxylic acids is 1. The van der Waals surface area contributed by atoms with Gasteiger partial charge in [-0.2, -0.15) is 0 Å². The van der Waals surface area contributed by atoms with Gasteiger partial charge in [0.1, 0.15) is 5.69 Å². The molecule has 0 aromatic carbocycles. The number of hydrogen-bond acceptors (Lipinski definition) is 3. The number of rotatable bonds is 2. The van der Waals surface area contributed by atoms with Gasteiger partial charge >= 0.3 is 0 Å². The second kappa shape index (κ2) is 4.30. The van der Waals surface area contributed by atoms with E-state index in [1.807, 2.05) is 19.1 Å². The maximum atomic E-state index is 12.3. The molecule has 0 bridgehead atoms. The first kappa shape index (κ1) is 14.0. The van der Waals surface area contributed by atoms with E-state index in [1.54, 1.807) is 6.07 Å². The van der Waals surface area contributed by atoms with E-state index in [-0.39, 0.29) is 28.8 Å². The lowest BCUT2D eigenvalue weighted by Gasteiger charge is -2.62. The topological polar surface area (TPSA) is 68.0 Å². The van der Waals surface area contributed by atoms with Gasteiger partial charge in [-0.05, 0) is 19.1 Å². The molecule has 1 aromatic heterocycles. The third-order valence-corrected chi connectivity index (χ3v) is 4.49. The van der Waals surface area contributed by atoms with E-state index in [0.717, 1.165) is 5.69 Å². The molecular weight excluding hydrogens is 238 g/mol. The summed E-state index contributed by atoms with van der Waals surface area (Å²) in [6.07, 6.45) is 0. The minimum absolute atomic E-state index is 0.0600. The number of aromatic nitrogens is 1. The third-order valence-electron chi connectivity index (χ3n) is 4.49. The van der Waals surface area contributed by atoms with Crippen molar-refractivity contribution in [2.75, 3.05) is 0 Å². The number of pyridine rings is 1. The Labute approximate surface area is 114 Å². The van der Waals surface area contributed by atoms with Gasteiger partial charge in [0.05, 0.1) is 0 Å². The first-order valence-corrected chi connectivity index (χ1v) is 6.67. The van der Waals surface area contributed by atoms with Crippen LogP contribution in [-0.2, 0) is 0 Å². The fourth-order valence-electron chi connectivity index (χ4n) is 3.43. The second-order valence-corrected chi connectivity index (χ2v) is 6.69. The van der Waals surface area contributed by atoms with Crippen LogP contribution in [0.3, 0.4) is 0 Å². The Balaban J connectivity index is 2.16. The van der Waals surface area contributed by atoms with Crippen molar-refractivity contribution >= 4 is 5.91 Å². The Morgan fingerprint density at radius 2 is 1.84 bits per heavy atom. The molecule has 104 valence electrons. The lowest BCUT2D eigenvalue weighted by molar-refractivity contribution is -0.0664. The predicted molar refractivity (Wildman–Crippen MR) is 75.8 cm³/mol. The van der Waals surface area contributed by atoms with Crippen LogP contribution in [0.2, 0.25) is 0 Å². The second-order valence-electron chi connectivity index (χ2n) is 6.69. The van der Waals surface area contributed by atoms with E-state index in [2.05, 4.69) is 38.0 Å². The molecule has 4 heteroatoms. The Bertz CT molecular complexity index is 492. The molecule has 2 rings (SSSR count). The van der Waals surface area contributed by atoms with Crippen molar-refractivity contribution < 1.29 is 4.79 Å². The van der Waals surface area contributed by atoms with Crippen molar-refractivity contribution in [3.63, 3.8) is 0 Å². The lowest BCUT2D eigenvalue weighted by Crippen LogP contribution is -2.76. The molecule has 1 fully saturated rings. The normalized spacial score (nSPS) is 27.5. The van der Waals surface area contributed by atoms with Crippen LogP contribution in [0, 0.1) is 17.8 Å².